The van der Waals surface area contributed by atoms with Crippen molar-refractivity contribution in [2.75, 3.05) is 18.0 Å². The third-order valence-corrected chi connectivity index (χ3v) is 4.60. The number of benzene rings is 2. The van der Waals surface area contributed by atoms with Gasteiger partial charge in [0.15, 0.2) is 5.82 Å². The maximum atomic E-state index is 13.3. The van der Waals surface area contributed by atoms with E-state index in [9.17, 15) is 13.2 Å². The maximum Gasteiger partial charge on any atom is 0.297 e. The van der Waals surface area contributed by atoms with Crippen LogP contribution >= 0.6 is 0 Å². The van der Waals surface area contributed by atoms with E-state index in [-0.39, 0.29) is 18.0 Å². The van der Waals surface area contributed by atoms with Crippen molar-refractivity contribution >= 4 is 16.7 Å². The number of aromatic nitrogens is 2. The number of alkyl halides is 2. The van der Waals surface area contributed by atoms with Gasteiger partial charge >= 0.3 is 0 Å². The smallest absolute Gasteiger partial charge is 0.297 e. The lowest BCUT2D eigenvalue weighted by molar-refractivity contribution is -0.0175. The molecule has 140 valence electrons. The van der Waals surface area contributed by atoms with Gasteiger partial charge < -0.3 is 9.64 Å². The molecule has 4 nitrogen and oxygen atoms in total. The number of hydrogen-bond donors (Lipinski definition) is 0. The summed E-state index contributed by atoms with van der Waals surface area (Å²) in [6.07, 6.45) is -3.20. The summed E-state index contributed by atoms with van der Waals surface area (Å²) in [6.45, 7) is 2.86. The Labute approximate surface area is 154 Å². The minimum absolute atomic E-state index is 0.141. The highest BCUT2D eigenvalue weighted by atomic mass is 19.3. The summed E-state index contributed by atoms with van der Waals surface area (Å²) >= 11 is 0. The molecule has 3 aromatic rings. The van der Waals surface area contributed by atoms with Gasteiger partial charge in [-0.2, -0.15) is 0 Å². The van der Waals surface area contributed by atoms with E-state index in [2.05, 4.69) is 9.97 Å². The number of morpholine rings is 1. The van der Waals surface area contributed by atoms with Crippen molar-refractivity contribution in [2.24, 2.45) is 0 Å². The third kappa shape index (κ3) is 3.60. The van der Waals surface area contributed by atoms with Crippen molar-refractivity contribution < 1.29 is 17.9 Å². The lowest BCUT2D eigenvalue weighted by atomic mass is 10.1. The average molecular weight is 373 g/mol. The predicted octanol–water partition coefficient (Wildman–Crippen LogP) is 4.67. The zero-order valence-corrected chi connectivity index (χ0v) is 14.6. The first-order valence-electron chi connectivity index (χ1n) is 8.72. The van der Waals surface area contributed by atoms with Gasteiger partial charge in [-0.15, -0.1) is 0 Å². The van der Waals surface area contributed by atoms with E-state index in [0.717, 1.165) is 5.56 Å². The average Bonchev–Trinajstić information content (AvgIpc) is 2.67. The highest BCUT2D eigenvalue weighted by molar-refractivity contribution is 5.89. The molecule has 4 rings (SSSR count). The quantitative estimate of drug-likeness (QED) is 0.669. The Morgan fingerprint density at radius 1 is 1.04 bits per heavy atom. The fraction of sp³-hybridized carbons (Fsp3) is 0.300. The molecule has 1 aliphatic heterocycles. The second kappa shape index (κ2) is 7.15. The van der Waals surface area contributed by atoms with Gasteiger partial charge in [-0.1, -0.05) is 24.3 Å². The number of para-hydroxylation sites is 1. The Balaban J connectivity index is 1.74. The van der Waals surface area contributed by atoms with Gasteiger partial charge in [0.1, 0.15) is 17.7 Å². The van der Waals surface area contributed by atoms with Crippen LogP contribution in [0.15, 0.2) is 48.5 Å². The van der Waals surface area contributed by atoms with Crippen LogP contribution in [0.2, 0.25) is 0 Å². The molecule has 2 unspecified atom stereocenters. The molecule has 1 aliphatic rings. The van der Waals surface area contributed by atoms with E-state index in [1.165, 1.54) is 12.1 Å². The van der Waals surface area contributed by atoms with Gasteiger partial charge in [-0.3, -0.25) is 0 Å². The molecule has 0 amide bonds. The number of fused-ring (bicyclic) bond motifs is 1. The maximum absolute atomic E-state index is 13.3. The monoisotopic (exact) mass is 373 g/mol. The van der Waals surface area contributed by atoms with Crippen molar-refractivity contribution in [3.63, 3.8) is 0 Å². The lowest BCUT2D eigenvalue weighted by Gasteiger charge is -2.38. The van der Waals surface area contributed by atoms with Crippen molar-refractivity contribution in [1.29, 1.82) is 0 Å². The van der Waals surface area contributed by atoms with Gasteiger partial charge in [0.2, 0.25) is 0 Å². The zero-order chi connectivity index (χ0) is 19.0. The van der Waals surface area contributed by atoms with Crippen LogP contribution < -0.4 is 4.90 Å². The van der Waals surface area contributed by atoms with Crippen LogP contribution in [0.5, 0.6) is 0 Å². The molecule has 2 heterocycles. The van der Waals surface area contributed by atoms with E-state index in [4.69, 9.17) is 4.74 Å². The minimum Gasteiger partial charge on any atom is -0.367 e. The van der Waals surface area contributed by atoms with E-state index in [1.807, 2.05) is 24.0 Å². The van der Waals surface area contributed by atoms with Crippen LogP contribution in [0.25, 0.3) is 10.9 Å². The van der Waals surface area contributed by atoms with Crippen LogP contribution in [0.3, 0.4) is 0 Å². The fourth-order valence-electron chi connectivity index (χ4n) is 3.40. The van der Waals surface area contributed by atoms with Crippen LogP contribution in [-0.4, -0.2) is 29.2 Å². The Morgan fingerprint density at radius 2 is 1.78 bits per heavy atom. The number of anilines is 1. The number of nitrogens with zero attached hydrogens (tertiary/aromatic N) is 3. The molecule has 1 fully saturated rings. The highest BCUT2D eigenvalue weighted by Crippen LogP contribution is 2.32. The second-order valence-corrected chi connectivity index (χ2v) is 6.62. The topological polar surface area (TPSA) is 38.2 Å². The molecule has 0 radical (unpaired) electrons. The van der Waals surface area contributed by atoms with Crippen LogP contribution in [-0.2, 0) is 4.74 Å². The molecule has 0 spiro atoms. The molecule has 2 aromatic carbocycles. The first-order chi connectivity index (χ1) is 13.0. The Hall–Kier alpha value is -2.67. The second-order valence-electron chi connectivity index (χ2n) is 6.62. The van der Waals surface area contributed by atoms with Crippen LogP contribution in [0.4, 0.5) is 19.0 Å². The molecule has 0 aliphatic carbocycles. The van der Waals surface area contributed by atoms with E-state index < -0.39 is 12.2 Å². The summed E-state index contributed by atoms with van der Waals surface area (Å²) in [7, 11) is 0. The summed E-state index contributed by atoms with van der Waals surface area (Å²) in [5.41, 5.74) is 1.32. The van der Waals surface area contributed by atoms with Crippen LogP contribution in [0.1, 0.15) is 30.8 Å². The van der Waals surface area contributed by atoms with E-state index in [1.54, 1.807) is 24.3 Å². The zero-order valence-electron chi connectivity index (χ0n) is 14.6. The molecule has 1 aromatic heterocycles. The first-order valence-corrected chi connectivity index (χ1v) is 8.72. The van der Waals surface area contributed by atoms with Gasteiger partial charge in [0.05, 0.1) is 11.6 Å². The summed E-state index contributed by atoms with van der Waals surface area (Å²) < 4.78 is 45.8. The number of ether oxygens (including phenoxy) is 1. The van der Waals surface area contributed by atoms with Crippen LogP contribution in [0, 0.1) is 5.82 Å². The third-order valence-electron chi connectivity index (χ3n) is 4.60. The molecular formula is C20H18F3N3O. The normalized spacial score (nSPS) is 20.4. The first kappa shape index (κ1) is 17.7. The molecule has 2 atom stereocenters. The Bertz CT molecular complexity index is 949. The molecule has 7 heteroatoms. The summed E-state index contributed by atoms with van der Waals surface area (Å²) in [4.78, 5) is 10.1. The summed E-state index contributed by atoms with van der Waals surface area (Å²) in [6, 6.07) is 13.3. The summed E-state index contributed by atoms with van der Waals surface area (Å²) in [5.74, 6) is -0.331. The minimum atomic E-state index is -2.75. The number of rotatable bonds is 3. The van der Waals surface area contributed by atoms with Gasteiger partial charge in [-0.05, 0) is 36.8 Å². The largest absolute Gasteiger partial charge is 0.367 e. The van der Waals surface area contributed by atoms with Crippen molar-refractivity contribution in [2.45, 2.75) is 25.6 Å². The molecule has 0 saturated carbocycles. The molecular weight excluding hydrogens is 355 g/mol. The van der Waals surface area contributed by atoms with E-state index >= 15 is 0 Å². The van der Waals surface area contributed by atoms with Gasteiger partial charge in [0, 0.05) is 18.5 Å². The SMILES string of the molecule is CC1CN(c2nc(C(F)F)nc3ccccc23)CC(c2ccc(F)cc2)O1. The van der Waals surface area contributed by atoms with Crippen molar-refractivity contribution in [3.8, 4) is 0 Å². The van der Waals surface area contributed by atoms with E-state index in [0.29, 0.717) is 29.8 Å². The predicted molar refractivity (Wildman–Crippen MR) is 96.4 cm³/mol. The summed E-state index contributed by atoms with van der Waals surface area (Å²) in [5, 5.41) is 0.717. The fourth-order valence-corrected chi connectivity index (χ4v) is 3.40. The van der Waals surface area contributed by atoms with Gasteiger partial charge in [0.25, 0.3) is 6.43 Å². The Kier molecular flexibility index (Phi) is 4.70. The lowest BCUT2D eigenvalue weighted by Crippen LogP contribution is -2.43. The molecule has 1 saturated heterocycles. The Morgan fingerprint density at radius 3 is 2.52 bits per heavy atom. The standard InChI is InChI=1S/C20H18F3N3O/c1-12-10-26(11-17(27-12)13-6-8-14(21)9-7-13)20-15-4-2-3-5-16(15)24-19(25-20)18(22)23/h2-9,12,17-18H,10-11H2,1H3. The van der Waals surface area contributed by atoms with Crippen molar-refractivity contribution in [3.05, 3.63) is 65.7 Å². The molecule has 27 heavy (non-hydrogen) atoms. The molecule has 0 N–H and O–H groups in total. The number of hydrogen-bond acceptors (Lipinski definition) is 4. The van der Waals surface area contributed by atoms with Crippen molar-refractivity contribution in [1.82, 2.24) is 9.97 Å². The number of halogens is 3. The highest BCUT2D eigenvalue weighted by Gasteiger charge is 2.29. The molecule has 0 bridgehead atoms. The van der Waals surface area contributed by atoms with Gasteiger partial charge in [-0.25, -0.2) is 23.1 Å².